The van der Waals surface area contributed by atoms with Gasteiger partial charge in [0.25, 0.3) is 0 Å². The molecule has 96 valence electrons. The average Bonchev–Trinajstić information content (AvgIpc) is 2.28. The van der Waals surface area contributed by atoms with Crippen LogP contribution >= 0.6 is 0 Å². The Hall–Kier alpha value is -0.610. The summed E-state index contributed by atoms with van der Waals surface area (Å²) in [4.78, 5) is 11.8. The van der Waals surface area contributed by atoms with Crippen LogP contribution in [0.1, 0.15) is 39.5 Å². The highest BCUT2D eigenvalue weighted by Gasteiger charge is 2.15. The highest BCUT2D eigenvalue weighted by molar-refractivity contribution is 5.78. The number of ether oxygens (including phenoxy) is 1. The lowest BCUT2D eigenvalue weighted by Gasteiger charge is -2.15. The Bertz CT molecular complexity index is 168. The number of amides is 1. The summed E-state index contributed by atoms with van der Waals surface area (Å²) in [6.07, 6.45) is 4.07. The second-order valence-electron chi connectivity index (χ2n) is 3.97. The van der Waals surface area contributed by atoms with E-state index >= 15 is 0 Å². The molecule has 0 aliphatic carbocycles. The van der Waals surface area contributed by atoms with E-state index in [1.165, 1.54) is 0 Å². The fraction of sp³-hybridized carbons (Fsp3) is 0.917. The topological polar surface area (TPSA) is 64.3 Å². The van der Waals surface area contributed by atoms with Crippen LogP contribution in [0, 0.1) is 5.92 Å². The lowest BCUT2D eigenvalue weighted by atomic mass is 9.97. The molecule has 0 saturated carbocycles. The molecule has 3 N–H and O–H groups in total. The lowest BCUT2D eigenvalue weighted by molar-refractivity contribution is -0.125. The number of nitrogens with one attached hydrogen (secondary N) is 1. The van der Waals surface area contributed by atoms with E-state index in [1.807, 2.05) is 0 Å². The van der Waals surface area contributed by atoms with Crippen LogP contribution in [-0.2, 0) is 9.53 Å². The minimum absolute atomic E-state index is 0.167. The summed E-state index contributed by atoms with van der Waals surface area (Å²) < 4.78 is 5.19. The van der Waals surface area contributed by atoms with Gasteiger partial charge in [0, 0.05) is 19.0 Å². The molecule has 4 nitrogen and oxygen atoms in total. The molecule has 0 bridgehead atoms. The molecule has 0 heterocycles. The maximum Gasteiger partial charge on any atom is 0.223 e. The van der Waals surface area contributed by atoms with E-state index < -0.39 is 0 Å². The number of nitrogens with two attached hydrogens (primary N) is 1. The van der Waals surface area contributed by atoms with Crippen molar-refractivity contribution in [3.05, 3.63) is 0 Å². The van der Waals surface area contributed by atoms with Gasteiger partial charge >= 0.3 is 0 Å². The standard InChI is InChI=1S/C12H26N2O2/c1-3-5-11(6-4-2)12(15)14-8-10-16-9-7-13/h11H,3-10,13H2,1-2H3,(H,14,15). The Morgan fingerprint density at radius 1 is 1.25 bits per heavy atom. The first kappa shape index (κ1) is 15.4. The summed E-state index contributed by atoms with van der Waals surface area (Å²) in [5.74, 6) is 0.338. The summed E-state index contributed by atoms with van der Waals surface area (Å²) in [7, 11) is 0. The van der Waals surface area contributed by atoms with Crippen molar-refractivity contribution in [3.63, 3.8) is 0 Å². The molecule has 0 aromatic rings. The van der Waals surface area contributed by atoms with Gasteiger partial charge in [-0.15, -0.1) is 0 Å². The van der Waals surface area contributed by atoms with Gasteiger partial charge in [-0.2, -0.15) is 0 Å². The highest BCUT2D eigenvalue weighted by Crippen LogP contribution is 2.13. The third-order valence-electron chi connectivity index (χ3n) is 2.45. The molecule has 0 atom stereocenters. The van der Waals surface area contributed by atoms with Gasteiger partial charge in [0.15, 0.2) is 0 Å². The molecule has 0 spiro atoms. The maximum atomic E-state index is 11.8. The third-order valence-corrected chi connectivity index (χ3v) is 2.45. The van der Waals surface area contributed by atoms with Crippen LogP contribution in [0.4, 0.5) is 0 Å². The third kappa shape index (κ3) is 7.65. The first-order chi connectivity index (χ1) is 7.76. The van der Waals surface area contributed by atoms with Crippen LogP contribution < -0.4 is 11.1 Å². The van der Waals surface area contributed by atoms with Crippen LogP contribution in [0.25, 0.3) is 0 Å². The molecular weight excluding hydrogens is 204 g/mol. The maximum absolute atomic E-state index is 11.8. The van der Waals surface area contributed by atoms with Gasteiger partial charge in [-0.3, -0.25) is 4.79 Å². The molecular formula is C12H26N2O2. The Labute approximate surface area is 98.9 Å². The SMILES string of the molecule is CCCC(CCC)C(=O)NCCOCCN. The van der Waals surface area contributed by atoms with Crippen molar-refractivity contribution < 1.29 is 9.53 Å². The lowest BCUT2D eigenvalue weighted by Crippen LogP contribution is -2.33. The number of hydrogen-bond acceptors (Lipinski definition) is 3. The van der Waals surface area contributed by atoms with E-state index in [-0.39, 0.29) is 11.8 Å². The van der Waals surface area contributed by atoms with E-state index in [9.17, 15) is 4.79 Å². The largest absolute Gasteiger partial charge is 0.378 e. The molecule has 0 aliphatic heterocycles. The van der Waals surface area contributed by atoms with Gasteiger partial charge in [0.1, 0.15) is 0 Å². The molecule has 0 fully saturated rings. The average molecular weight is 230 g/mol. The molecule has 0 aliphatic rings. The summed E-state index contributed by atoms with van der Waals surface area (Å²) in [6.45, 7) is 6.45. The molecule has 0 aromatic heterocycles. The Morgan fingerprint density at radius 2 is 1.88 bits per heavy atom. The minimum Gasteiger partial charge on any atom is -0.378 e. The van der Waals surface area contributed by atoms with Crippen LogP contribution in [0.2, 0.25) is 0 Å². The predicted octanol–water partition coefficient (Wildman–Crippen LogP) is 1.29. The Kier molecular flexibility index (Phi) is 10.5. The monoisotopic (exact) mass is 230 g/mol. The second kappa shape index (κ2) is 10.9. The summed E-state index contributed by atoms with van der Waals surface area (Å²) >= 11 is 0. The van der Waals surface area contributed by atoms with E-state index in [0.717, 1.165) is 25.7 Å². The molecule has 0 aromatic carbocycles. The van der Waals surface area contributed by atoms with Gasteiger partial charge in [0.2, 0.25) is 5.91 Å². The fourth-order valence-corrected chi connectivity index (χ4v) is 1.68. The highest BCUT2D eigenvalue weighted by atomic mass is 16.5. The van der Waals surface area contributed by atoms with Crippen molar-refractivity contribution >= 4 is 5.91 Å². The predicted molar refractivity (Wildman–Crippen MR) is 66.2 cm³/mol. The number of carbonyl (C=O) groups excluding carboxylic acids is 1. The van der Waals surface area contributed by atoms with Crippen LogP contribution in [-0.4, -0.2) is 32.2 Å². The van der Waals surface area contributed by atoms with Gasteiger partial charge < -0.3 is 15.8 Å². The minimum atomic E-state index is 0.167. The van der Waals surface area contributed by atoms with Crippen molar-refractivity contribution in [2.24, 2.45) is 11.7 Å². The van der Waals surface area contributed by atoms with Crippen LogP contribution in [0.3, 0.4) is 0 Å². The van der Waals surface area contributed by atoms with Crippen LogP contribution in [0.15, 0.2) is 0 Å². The van der Waals surface area contributed by atoms with Crippen LogP contribution in [0.5, 0.6) is 0 Å². The zero-order valence-electron chi connectivity index (χ0n) is 10.6. The first-order valence-electron chi connectivity index (χ1n) is 6.31. The fourth-order valence-electron chi connectivity index (χ4n) is 1.68. The van der Waals surface area contributed by atoms with E-state index in [0.29, 0.717) is 26.3 Å². The smallest absolute Gasteiger partial charge is 0.223 e. The molecule has 4 heteroatoms. The summed E-state index contributed by atoms with van der Waals surface area (Å²) in [5, 5.41) is 2.91. The summed E-state index contributed by atoms with van der Waals surface area (Å²) in [6, 6.07) is 0. The molecule has 0 saturated heterocycles. The molecule has 16 heavy (non-hydrogen) atoms. The number of rotatable bonds is 10. The summed E-state index contributed by atoms with van der Waals surface area (Å²) in [5.41, 5.74) is 5.29. The number of carbonyl (C=O) groups is 1. The van der Waals surface area contributed by atoms with Gasteiger partial charge in [-0.1, -0.05) is 26.7 Å². The van der Waals surface area contributed by atoms with E-state index in [2.05, 4.69) is 19.2 Å². The van der Waals surface area contributed by atoms with Crippen molar-refractivity contribution in [2.75, 3.05) is 26.3 Å². The quantitative estimate of drug-likeness (QED) is 0.556. The second-order valence-corrected chi connectivity index (χ2v) is 3.97. The van der Waals surface area contributed by atoms with Gasteiger partial charge in [-0.25, -0.2) is 0 Å². The van der Waals surface area contributed by atoms with Crippen molar-refractivity contribution in [1.82, 2.24) is 5.32 Å². The van der Waals surface area contributed by atoms with Crippen molar-refractivity contribution in [1.29, 1.82) is 0 Å². The van der Waals surface area contributed by atoms with E-state index in [4.69, 9.17) is 10.5 Å². The molecule has 0 unspecified atom stereocenters. The first-order valence-corrected chi connectivity index (χ1v) is 6.31. The van der Waals surface area contributed by atoms with Crippen molar-refractivity contribution in [3.8, 4) is 0 Å². The van der Waals surface area contributed by atoms with Gasteiger partial charge in [0.05, 0.1) is 13.2 Å². The molecule has 0 radical (unpaired) electrons. The normalized spacial score (nSPS) is 10.8. The van der Waals surface area contributed by atoms with Gasteiger partial charge in [-0.05, 0) is 12.8 Å². The van der Waals surface area contributed by atoms with Crippen molar-refractivity contribution in [2.45, 2.75) is 39.5 Å². The zero-order valence-corrected chi connectivity index (χ0v) is 10.6. The Balaban J connectivity index is 3.65. The van der Waals surface area contributed by atoms with E-state index in [1.54, 1.807) is 0 Å². The molecule has 1 amide bonds. The Morgan fingerprint density at radius 3 is 2.38 bits per heavy atom. The zero-order chi connectivity index (χ0) is 12.2. The number of hydrogen-bond donors (Lipinski definition) is 2. The molecule has 0 rings (SSSR count).